The van der Waals surface area contributed by atoms with Gasteiger partial charge in [0.15, 0.2) is 0 Å². The van der Waals surface area contributed by atoms with Gasteiger partial charge in [-0.15, -0.1) is 6.42 Å². The van der Waals surface area contributed by atoms with Crippen molar-refractivity contribution in [3.63, 3.8) is 0 Å². The predicted octanol–water partition coefficient (Wildman–Crippen LogP) is 3.69. The van der Waals surface area contributed by atoms with E-state index in [0.29, 0.717) is 6.61 Å². The summed E-state index contributed by atoms with van der Waals surface area (Å²) in [4.78, 5) is 0. The third kappa shape index (κ3) is 5.90. The summed E-state index contributed by atoms with van der Waals surface area (Å²) in [7, 11) is 0. The minimum Gasteiger partial charge on any atom is -0.481 e. The van der Waals surface area contributed by atoms with E-state index in [1.807, 2.05) is 23.9 Å². The lowest BCUT2D eigenvalue weighted by molar-refractivity contribution is 0.364. The average molecular weight is 342 g/mol. The smallest absolute Gasteiger partial charge is 0.148 e. The van der Waals surface area contributed by atoms with Crippen molar-refractivity contribution in [2.75, 3.05) is 19.4 Å². The Hall–Kier alpha value is -0.630. The SMILES string of the molecule is C#CCOc1ccc(Br)cc1CNCC(C)(C)SC. The lowest BCUT2D eigenvalue weighted by Gasteiger charge is -2.22. The highest BCUT2D eigenvalue weighted by molar-refractivity contribution is 9.10. The van der Waals surface area contributed by atoms with E-state index in [2.05, 4.69) is 53.3 Å². The van der Waals surface area contributed by atoms with E-state index >= 15 is 0 Å². The Kier molecular flexibility index (Phi) is 6.78. The maximum absolute atomic E-state index is 5.55. The Balaban J connectivity index is 2.65. The number of thioether (sulfide) groups is 1. The van der Waals surface area contributed by atoms with Gasteiger partial charge in [0.1, 0.15) is 12.4 Å². The molecule has 0 unspecified atom stereocenters. The fraction of sp³-hybridized carbons (Fsp3) is 0.467. The molecule has 0 aliphatic carbocycles. The number of hydrogen-bond acceptors (Lipinski definition) is 3. The molecule has 19 heavy (non-hydrogen) atoms. The van der Waals surface area contributed by atoms with Crippen LogP contribution < -0.4 is 10.1 Å². The zero-order valence-electron chi connectivity index (χ0n) is 11.6. The molecular formula is C15H20BrNOS. The average Bonchev–Trinajstić information content (AvgIpc) is 2.38. The van der Waals surface area contributed by atoms with Crippen molar-refractivity contribution in [3.8, 4) is 18.1 Å². The number of halogens is 1. The monoisotopic (exact) mass is 341 g/mol. The Morgan fingerprint density at radius 3 is 2.84 bits per heavy atom. The van der Waals surface area contributed by atoms with Crippen molar-refractivity contribution < 1.29 is 4.74 Å². The summed E-state index contributed by atoms with van der Waals surface area (Å²) in [6, 6.07) is 5.96. The molecule has 4 heteroatoms. The summed E-state index contributed by atoms with van der Waals surface area (Å²) in [6.45, 7) is 6.45. The molecule has 1 aromatic carbocycles. The fourth-order valence-electron chi connectivity index (χ4n) is 1.52. The number of hydrogen-bond donors (Lipinski definition) is 1. The van der Waals surface area contributed by atoms with E-state index in [1.165, 1.54) is 0 Å². The summed E-state index contributed by atoms with van der Waals surface area (Å²) in [5, 5.41) is 3.46. The van der Waals surface area contributed by atoms with Gasteiger partial charge in [-0.25, -0.2) is 0 Å². The number of terminal acetylenes is 1. The van der Waals surface area contributed by atoms with Gasteiger partial charge in [0.05, 0.1) is 0 Å². The summed E-state index contributed by atoms with van der Waals surface area (Å²) in [5.74, 6) is 3.33. The molecule has 0 amide bonds. The van der Waals surface area contributed by atoms with Crippen molar-refractivity contribution >= 4 is 27.7 Å². The van der Waals surface area contributed by atoms with Crippen molar-refractivity contribution in [2.24, 2.45) is 0 Å². The summed E-state index contributed by atoms with van der Waals surface area (Å²) in [6.07, 6.45) is 7.36. The van der Waals surface area contributed by atoms with Crippen molar-refractivity contribution in [1.82, 2.24) is 5.32 Å². The maximum Gasteiger partial charge on any atom is 0.148 e. The molecule has 0 atom stereocenters. The van der Waals surface area contributed by atoms with Crippen LogP contribution in [-0.4, -0.2) is 24.2 Å². The van der Waals surface area contributed by atoms with E-state index in [9.17, 15) is 0 Å². The van der Waals surface area contributed by atoms with Gasteiger partial charge in [-0.05, 0) is 38.3 Å². The van der Waals surface area contributed by atoms with Crippen molar-refractivity contribution in [3.05, 3.63) is 28.2 Å². The van der Waals surface area contributed by atoms with Gasteiger partial charge in [0.2, 0.25) is 0 Å². The van der Waals surface area contributed by atoms with Crippen LogP contribution in [0.3, 0.4) is 0 Å². The van der Waals surface area contributed by atoms with Crippen molar-refractivity contribution in [1.29, 1.82) is 0 Å². The van der Waals surface area contributed by atoms with E-state index in [0.717, 1.165) is 28.9 Å². The Morgan fingerprint density at radius 1 is 1.47 bits per heavy atom. The molecule has 0 aliphatic rings. The van der Waals surface area contributed by atoms with Gasteiger partial charge in [-0.3, -0.25) is 0 Å². The number of benzene rings is 1. The second-order valence-corrected chi connectivity index (χ2v) is 7.24. The maximum atomic E-state index is 5.55. The van der Waals surface area contributed by atoms with Crippen LogP contribution in [-0.2, 0) is 6.54 Å². The van der Waals surface area contributed by atoms with E-state index < -0.39 is 0 Å². The first kappa shape index (κ1) is 16.4. The molecule has 0 bridgehead atoms. The normalized spacial score (nSPS) is 11.1. The first-order valence-corrected chi connectivity index (χ1v) is 8.11. The van der Waals surface area contributed by atoms with Gasteiger partial charge in [-0.1, -0.05) is 21.9 Å². The highest BCUT2D eigenvalue weighted by Gasteiger charge is 2.15. The van der Waals surface area contributed by atoms with Crippen molar-refractivity contribution in [2.45, 2.75) is 25.1 Å². The second-order valence-electron chi connectivity index (χ2n) is 4.81. The van der Waals surface area contributed by atoms with Gasteiger partial charge >= 0.3 is 0 Å². The molecule has 2 nitrogen and oxygen atoms in total. The molecule has 0 fully saturated rings. The molecule has 0 saturated carbocycles. The molecule has 0 radical (unpaired) electrons. The van der Waals surface area contributed by atoms with Gasteiger partial charge in [-0.2, -0.15) is 11.8 Å². The standard InChI is InChI=1S/C15H20BrNOS/c1-5-8-18-14-7-6-13(16)9-12(14)10-17-11-15(2,3)19-4/h1,6-7,9,17H,8,10-11H2,2-4H3. The Morgan fingerprint density at radius 2 is 2.21 bits per heavy atom. The van der Waals surface area contributed by atoms with Gasteiger partial charge in [0.25, 0.3) is 0 Å². The number of nitrogens with one attached hydrogen (secondary N) is 1. The Labute approximate surface area is 128 Å². The molecule has 0 spiro atoms. The molecule has 0 saturated heterocycles. The van der Waals surface area contributed by atoms with Crippen LogP contribution in [0.2, 0.25) is 0 Å². The molecule has 1 aromatic rings. The van der Waals surface area contributed by atoms with E-state index in [4.69, 9.17) is 11.2 Å². The molecule has 0 heterocycles. The molecule has 104 valence electrons. The van der Waals surface area contributed by atoms with Crippen LogP contribution in [0.4, 0.5) is 0 Å². The first-order chi connectivity index (χ1) is 8.98. The summed E-state index contributed by atoms with van der Waals surface area (Å²) < 4.78 is 6.82. The minimum atomic E-state index is 0.228. The summed E-state index contributed by atoms with van der Waals surface area (Å²) >= 11 is 5.34. The highest BCUT2D eigenvalue weighted by atomic mass is 79.9. The molecule has 1 rings (SSSR count). The molecule has 0 aliphatic heterocycles. The molecule has 1 N–H and O–H groups in total. The van der Waals surface area contributed by atoms with Crippen LogP contribution in [0.5, 0.6) is 5.75 Å². The van der Waals surface area contributed by atoms with Crippen LogP contribution in [0.15, 0.2) is 22.7 Å². The van der Waals surface area contributed by atoms with Crippen LogP contribution in [0.1, 0.15) is 19.4 Å². The first-order valence-electron chi connectivity index (χ1n) is 6.09. The quantitative estimate of drug-likeness (QED) is 0.764. The third-order valence-corrected chi connectivity index (χ3v) is 4.50. The van der Waals surface area contributed by atoms with E-state index in [1.54, 1.807) is 0 Å². The predicted molar refractivity (Wildman–Crippen MR) is 87.8 cm³/mol. The van der Waals surface area contributed by atoms with Crippen LogP contribution in [0.25, 0.3) is 0 Å². The highest BCUT2D eigenvalue weighted by Crippen LogP contribution is 2.24. The molecule has 0 aromatic heterocycles. The zero-order chi connectivity index (χ0) is 14.3. The van der Waals surface area contributed by atoms with Gasteiger partial charge in [0, 0.05) is 27.9 Å². The fourth-order valence-corrected chi connectivity index (χ4v) is 2.17. The lowest BCUT2D eigenvalue weighted by atomic mass is 10.1. The van der Waals surface area contributed by atoms with E-state index in [-0.39, 0.29) is 4.75 Å². The number of ether oxygens (including phenoxy) is 1. The molecular weight excluding hydrogens is 322 g/mol. The Bertz CT molecular complexity index is 454. The van der Waals surface area contributed by atoms with Gasteiger partial charge < -0.3 is 10.1 Å². The largest absolute Gasteiger partial charge is 0.481 e. The van der Waals surface area contributed by atoms with Crippen LogP contribution >= 0.6 is 27.7 Å². The summed E-state index contributed by atoms with van der Waals surface area (Å²) in [5.41, 5.74) is 1.11. The number of rotatable bonds is 7. The lowest BCUT2D eigenvalue weighted by Crippen LogP contribution is -2.31. The second kappa shape index (κ2) is 7.84. The third-order valence-electron chi connectivity index (χ3n) is 2.75. The van der Waals surface area contributed by atoms with Crippen LogP contribution in [0, 0.1) is 12.3 Å². The minimum absolute atomic E-state index is 0.228. The zero-order valence-corrected chi connectivity index (χ0v) is 14.0. The topological polar surface area (TPSA) is 21.3 Å².